The molecule has 1 aliphatic rings. The molecule has 2 amide bonds. The SMILES string of the molecule is CCOC(=O)CN(C(=O)OCC)c1cc(Cl)c(Oc2ccc(OC)c(C(=O)NC3CCCCC3)c2)c(Cl)c1. The molecule has 3 rings (SSSR count). The zero-order valence-electron chi connectivity index (χ0n) is 21.7. The molecule has 2 aromatic rings. The quantitative estimate of drug-likeness (QED) is 0.332. The van der Waals surface area contributed by atoms with Crippen LogP contribution in [-0.4, -0.2) is 50.9 Å². The van der Waals surface area contributed by atoms with Gasteiger partial charge in [0.1, 0.15) is 18.0 Å². The molecule has 0 aromatic heterocycles. The van der Waals surface area contributed by atoms with Crippen molar-refractivity contribution in [1.82, 2.24) is 5.32 Å². The van der Waals surface area contributed by atoms with Crippen LogP contribution < -0.4 is 19.7 Å². The number of ether oxygens (including phenoxy) is 4. The van der Waals surface area contributed by atoms with Crippen molar-refractivity contribution in [1.29, 1.82) is 0 Å². The summed E-state index contributed by atoms with van der Waals surface area (Å²) in [6.45, 7) is 3.19. The van der Waals surface area contributed by atoms with Gasteiger partial charge >= 0.3 is 12.1 Å². The summed E-state index contributed by atoms with van der Waals surface area (Å²) in [6.07, 6.45) is 4.49. The molecule has 0 atom stereocenters. The molecule has 206 valence electrons. The molecule has 0 spiro atoms. The molecule has 0 radical (unpaired) electrons. The number of hydrogen-bond donors (Lipinski definition) is 1. The van der Waals surface area contributed by atoms with Crippen LogP contribution >= 0.6 is 23.2 Å². The zero-order valence-corrected chi connectivity index (χ0v) is 23.2. The average molecular weight is 567 g/mol. The number of carbonyl (C=O) groups is 3. The molecule has 2 aromatic carbocycles. The summed E-state index contributed by atoms with van der Waals surface area (Å²) in [6, 6.07) is 7.80. The predicted molar refractivity (Wildman–Crippen MR) is 145 cm³/mol. The first-order valence-electron chi connectivity index (χ1n) is 12.5. The zero-order chi connectivity index (χ0) is 27.7. The van der Waals surface area contributed by atoms with Gasteiger partial charge in [0.2, 0.25) is 0 Å². The number of amides is 2. The third-order valence-corrected chi connectivity index (χ3v) is 6.51. The van der Waals surface area contributed by atoms with E-state index in [1.807, 2.05) is 0 Å². The van der Waals surface area contributed by atoms with Crippen LogP contribution in [0.5, 0.6) is 17.2 Å². The van der Waals surface area contributed by atoms with Crippen LogP contribution in [0.4, 0.5) is 10.5 Å². The van der Waals surface area contributed by atoms with E-state index in [0.717, 1.165) is 30.6 Å². The minimum Gasteiger partial charge on any atom is -0.496 e. The van der Waals surface area contributed by atoms with Gasteiger partial charge in [-0.05, 0) is 57.0 Å². The largest absolute Gasteiger partial charge is 0.496 e. The molecule has 0 aliphatic heterocycles. The topological polar surface area (TPSA) is 103 Å². The van der Waals surface area contributed by atoms with E-state index in [1.54, 1.807) is 32.0 Å². The van der Waals surface area contributed by atoms with E-state index < -0.39 is 18.6 Å². The Morgan fingerprint density at radius 3 is 2.24 bits per heavy atom. The first-order valence-corrected chi connectivity index (χ1v) is 13.3. The number of rotatable bonds is 10. The molecule has 0 bridgehead atoms. The van der Waals surface area contributed by atoms with Crippen molar-refractivity contribution in [2.45, 2.75) is 52.0 Å². The smallest absolute Gasteiger partial charge is 0.414 e. The van der Waals surface area contributed by atoms with Gasteiger partial charge in [-0.3, -0.25) is 14.5 Å². The molecule has 0 unspecified atom stereocenters. The molecule has 0 heterocycles. The van der Waals surface area contributed by atoms with Gasteiger partial charge in [-0.25, -0.2) is 4.79 Å². The van der Waals surface area contributed by atoms with E-state index in [0.29, 0.717) is 17.1 Å². The van der Waals surface area contributed by atoms with E-state index in [9.17, 15) is 14.4 Å². The standard InChI is InChI=1S/C27H32Cl2N2O7/c1-4-36-24(32)16-31(27(34)37-5-2)18-13-21(28)25(22(29)14-18)38-19-11-12-23(35-3)20(15-19)26(33)30-17-9-7-6-8-10-17/h11-15,17H,4-10,16H2,1-3H3,(H,30,33). The van der Waals surface area contributed by atoms with Gasteiger partial charge in [0.05, 0.1) is 41.6 Å². The van der Waals surface area contributed by atoms with Crippen molar-refractivity contribution in [2.75, 3.05) is 31.8 Å². The minimum absolute atomic E-state index is 0.0784. The van der Waals surface area contributed by atoms with Gasteiger partial charge in [0.15, 0.2) is 5.75 Å². The number of hydrogen-bond acceptors (Lipinski definition) is 7. The second kappa shape index (κ2) is 14.1. The van der Waals surface area contributed by atoms with Crippen LogP contribution in [0.1, 0.15) is 56.3 Å². The second-order valence-electron chi connectivity index (χ2n) is 8.60. The lowest BCUT2D eigenvalue weighted by atomic mass is 9.95. The Hall–Kier alpha value is -3.17. The summed E-state index contributed by atoms with van der Waals surface area (Å²) in [4.78, 5) is 38.7. The third-order valence-electron chi connectivity index (χ3n) is 5.95. The first kappa shape index (κ1) is 29.4. The van der Waals surface area contributed by atoms with Gasteiger partial charge in [-0.2, -0.15) is 0 Å². The number of halogens is 2. The second-order valence-corrected chi connectivity index (χ2v) is 9.42. The van der Waals surface area contributed by atoms with Gasteiger partial charge in [0.25, 0.3) is 5.91 Å². The first-order chi connectivity index (χ1) is 18.3. The number of carbonyl (C=O) groups excluding carboxylic acids is 3. The lowest BCUT2D eigenvalue weighted by molar-refractivity contribution is -0.141. The summed E-state index contributed by atoms with van der Waals surface area (Å²) in [5.41, 5.74) is 0.545. The minimum atomic E-state index is -0.759. The molecule has 1 saturated carbocycles. The highest BCUT2D eigenvalue weighted by molar-refractivity contribution is 6.37. The number of esters is 1. The molecule has 1 fully saturated rings. The maximum absolute atomic E-state index is 13.0. The summed E-state index contributed by atoms with van der Waals surface area (Å²) in [7, 11) is 1.49. The molecule has 11 heteroatoms. The van der Waals surface area contributed by atoms with Crippen LogP contribution in [-0.2, 0) is 14.3 Å². The maximum atomic E-state index is 13.0. The highest BCUT2D eigenvalue weighted by Gasteiger charge is 2.25. The molecular weight excluding hydrogens is 535 g/mol. The van der Waals surface area contributed by atoms with Crippen molar-refractivity contribution >= 4 is 46.9 Å². The Morgan fingerprint density at radius 1 is 0.974 bits per heavy atom. The van der Waals surface area contributed by atoms with E-state index in [-0.39, 0.29) is 46.6 Å². The number of benzene rings is 2. The van der Waals surface area contributed by atoms with E-state index in [2.05, 4.69) is 5.32 Å². The van der Waals surface area contributed by atoms with Crippen molar-refractivity contribution in [3.8, 4) is 17.2 Å². The van der Waals surface area contributed by atoms with Crippen LogP contribution in [0, 0.1) is 0 Å². The average Bonchev–Trinajstić information content (AvgIpc) is 2.90. The van der Waals surface area contributed by atoms with Crippen molar-refractivity contribution < 1.29 is 33.3 Å². The summed E-state index contributed by atoms with van der Waals surface area (Å²) in [5, 5.41) is 3.23. The fourth-order valence-electron chi connectivity index (χ4n) is 4.15. The van der Waals surface area contributed by atoms with Crippen LogP contribution in [0.25, 0.3) is 0 Å². The molecule has 9 nitrogen and oxygen atoms in total. The fourth-order valence-corrected chi connectivity index (χ4v) is 4.71. The Labute approximate surface area is 232 Å². The van der Waals surface area contributed by atoms with Gasteiger partial charge in [0, 0.05) is 6.04 Å². The Balaban J connectivity index is 1.85. The lowest BCUT2D eigenvalue weighted by Gasteiger charge is -2.23. The van der Waals surface area contributed by atoms with E-state index >= 15 is 0 Å². The van der Waals surface area contributed by atoms with Crippen LogP contribution in [0.2, 0.25) is 10.0 Å². The highest BCUT2D eigenvalue weighted by atomic mass is 35.5. The van der Waals surface area contributed by atoms with Crippen molar-refractivity contribution in [3.05, 3.63) is 45.9 Å². The maximum Gasteiger partial charge on any atom is 0.414 e. The third kappa shape index (κ3) is 7.68. The van der Waals surface area contributed by atoms with Crippen molar-refractivity contribution in [3.63, 3.8) is 0 Å². The molecule has 0 saturated heterocycles. The lowest BCUT2D eigenvalue weighted by Crippen LogP contribution is -2.37. The Kier molecular flexibility index (Phi) is 10.9. The molecule has 1 aliphatic carbocycles. The number of methoxy groups -OCH3 is 1. The summed E-state index contributed by atoms with van der Waals surface area (Å²) in [5.74, 6) is -0.0471. The van der Waals surface area contributed by atoms with Gasteiger partial charge < -0.3 is 24.3 Å². The van der Waals surface area contributed by atoms with Crippen molar-refractivity contribution in [2.24, 2.45) is 0 Å². The summed E-state index contributed by atoms with van der Waals surface area (Å²) < 4.78 is 21.4. The molecule has 38 heavy (non-hydrogen) atoms. The van der Waals surface area contributed by atoms with Crippen LogP contribution in [0.15, 0.2) is 30.3 Å². The normalized spacial score (nSPS) is 13.4. The Bertz CT molecular complexity index is 1130. The predicted octanol–water partition coefficient (Wildman–Crippen LogP) is 6.38. The molecular formula is C27H32Cl2N2O7. The molecule has 1 N–H and O–H groups in total. The van der Waals surface area contributed by atoms with E-state index in [4.69, 9.17) is 42.1 Å². The number of nitrogens with one attached hydrogen (secondary N) is 1. The van der Waals surface area contributed by atoms with Gasteiger partial charge in [-0.1, -0.05) is 42.5 Å². The number of nitrogens with zero attached hydrogens (tertiary/aromatic N) is 1. The fraction of sp³-hybridized carbons (Fsp3) is 0.444. The van der Waals surface area contributed by atoms with Gasteiger partial charge in [-0.15, -0.1) is 0 Å². The Morgan fingerprint density at radius 2 is 1.63 bits per heavy atom. The van der Waals surface area contributed by atoms with E-state index in [1.165, 1.54) is 25.7 Å². The highest BCUT2D eigenvalue weighted by Crippen LogP contribution is 2.40. The number of anilines is 1. The summed E-state index contributed by atoms with van der Waals surface area (Å²) >= 11 is 13.0. The van der Waals surface area contributed by atoms with Crippen LogP contribution in [0.3, 0.4) is 0 Å². The monoisotopic (exact) mass is 566 g/mol.